The Morgan fingerprint density at radius 3 is 2.65 bits per heavy atom. The molecule has 0 aliphatic heterocycles. The van der Waals surface area contributed by atoms with E-state index >= 15 is 0 Å². The minimum Gasteiger partial charge on any atom is -0.497 e. The molecule has 1 heterocycles. The number of rotatable bonds is 5. The summed E-state index contributed by atoms with van der Waals surface area (Å²) in [5.74, 6) is 0.870. The predicted octanol–water partition coefficient (Wildman–Crippen LogP) is 4.76. The molecule has 0 aliphatic carbocycles. The maximum Gasteiger partial charge on any atom is 0.187 e. The van der Waals surface area contributed by atoms with Gasteiger partial charge in [0.05, 0.1) is 12.8 Å². The number of methoxy groups -OCH3 is 1. The minimum atomic E-state index is 0.0479. The summed E-state index contributed by atoms with van der Waals surface area (Å²) in [7, 11) is 1.65. The van der Waals surface area contributed by atoms with Crippen LogP contribution in [0.2, 0.25) is 0 Å². The molecule has 0 radical (unpaired) electrons. The van der Waals surface area contributed by atoms with Gasteiger partial charge in [-0.2, -0.15) is 0 Å². The lowest BCUT2D eigenvalue weighted by atomic mass is 10.1. The summed E-state index contributed by atoms with van der Waals surface area (Å²) in [6, 6.07) is 15.2. The topological polar surface area (TPSA) is 51.2 Å². The van der Waals surface area contributed by atoms with Gasteiger partial charge >= 0.3 is 0 Å². The number of thiazole rings is 1. The SMILES string of the molecule is COc1ccc(-c2csc(Nc3cccc(C(C)=O)c3)n2)cc1. The molecule has 116 valence electrons. The largest absolute Gasteiger partial charge is 0.497 e. The highest BCUT2D eigenvalue weighted by molar-refractivity contribution is 7.14. The Kier molecular flexibility index (Phi) is 4.39. The molecule has 4 nitrogen and oxygen atoms in total. The van der Waals surface area contributed by atoms with Crippen molar-refractivity contribution in [2.75, 3.05) is 12.4 Å². The number of nitrogens with zero attached hydrogens (tertiary/aromatic N) is 1. The molecule has 0 fully saturated rings. The molecule has 0 spiro atoms. The lowest BCUT2D eigenvalue weighted by molar-refractivity contribution is 0.101. The van der Waals surface area contributed by atoms with E-state index in [2.05, 4.69) is 10.3 Å². The fourth-order valence-electron chi connectivity index (χ4n) is 2.16. The monoisotopic (exact) mass is 324 g/mol. The van der Waals surface area contributed by atoms with E-state index in [0.717, 1.165) is 27.8 Å². The van der Waals surface area contributed by atoms with Gasteiger partial charge in [0.25, 0.3) is 0 Å². The predicted molar refractivity (Wildman–Crippen MR) is 93.8 cm³/mol. The summed E-state index contributed by atoms with van der Waals surface area (Å²) in [6.45, 7) is 1.56. The van der Waals surface area contributed by atoms with E-state index in [4.69, 9.17) is 4.74 Å². The molecule has 0 unspecified atom stereocenters. The Morgan fingerprint density at radius 2 is 1.96 bits per heavy atom. The molecule has 2 aromatic carbocycles. The van der Waals surface area contributed by atoms with Gasteiger partial charge in [-0.25, -0.2) is 4.98 Å². The van der Waals surface area contributed by atoms with Gasteiger partial charge in [-0.1, -0.05) is 12.1 Å². The molecule has 3 aromatic rings. The van der Waals surface area contributed by atoms with E-state index in [1.54, 1.807) is 20.1 Å². The van der Waals surface area contributed by atoms with Crippen molar-refractivity contribution in [2.45, 2.75) is 6.92 Å². The molecule has 3 rings (SSSR count). The van der Waals surface area contributed by atoms with Crippen LogP contribution in [0.5, 0.6) is 5.75 Å². The fraction of sp³-hybridized carbons (Fsp3) is 0.111. The van der Waals surface area contributed by atoms with Gasteiger partial charge < -0.3 is 10.1 Å². The number of ketones is 1. The first-order valence-electron chi connectivity index (χ1n) is 7.13. The highest BCUT2D eigenvalue weighted by Gasteiger charge is 2.06. The van der Waals surface area contributed by atoms with Crippen LogP contribution in [-0.2, 0) is 0 Å². The Morgan fingerprint density at radius 1 is 1.17 bits per heavy atom. The van der Waals surface area contributed by atoms with Gasteiger partial charge in [0.15, 0.2) is 10.9 Å². The smallest absolute Gasteiger partial charge is 0.187 e. The van der Waals surface area contributed by atoms with Crippen molar-refractivity contribution in [2.24, 2.45) is 0 Å². The molecular weight excluding hydrogens is 308 g/mol. The van der Waals surface area contributed by atoms with Crippen molar-refractivity contribution >= 4 is 27.9 Å². The van der Waals surface area contributed by atoms with Crippen LogP contribution in [-0.4, -0.2) is 17.9 Å². The zero-order chi connectivity index (χ0) is 16.2. The van der Waals surface area contributed by atoms with Crippen molar-refractivity contribution in [3.63, 3.8) is 0 Å². The average Bonchev–Trinajstić information content (AvgIpc) is 3.03. The van der Waals surface area contributed by atoms with E-state index in [9.17, 15) is 4.79 Å². The zero-order valence-electron chi connectivity index (χ0n) is 12.9. The number of nitrogens with one attached hydrogen (secondary N) is 1. The third kappa shape index (κ3) is 3.57. The van der Waals surface area contributed by atoms with Crippen LogP contribution < -0.4 is 10.1 Å². The second-order valence-electron chi connectivity index (χ2n) is 5.03. The average molecular weight is 324 g/mol. The second kappa shape index (κ2) is 6.62. The van der Waals surface area contributed by atoms with Crippen molar-refractivity contribution in [3.05, 3.63) is 59.5 Å². The van der Waals surface area contributed by atoms with Crippen LogP contribution in [0, 0.1) is 0 Å². The normalized spacial score (nSPS) is 10.3. The zero-order valence-corrected chi connectivity index (χ0v) is 13.7. The Labute approximate surface area is 138 Å². The maximum absolute atomic E-state index is 11.4. The van der Waals surface area contributed by atoms with E-state index < -0.39 is 0 Å². The highest BCUT2D eigenvalue weighted by atomic mass is 32.1. The Balaban J connectivity index is 1.79. The quantitative estimate of drug-likeness (QED) is 0.687. The third-order valence-electron chi connectivity index (χ3n) is 3.41. The Hall–Kier alpha value is -2.66. The molecule has 1 aromatic heterocycles. The molecule has 0 bridgehead atoms. The van der Waals surface area contributed by atoms with Gasteiger partial charge in [0, 0.05) is 22.2 Å². The summed E-state index contributed by atoms with van der Waals surface area (Å²) in [4.78, 5) is 16.0. The van der Waals surface area contributed by atoms with Crippen LogP contribution >= 0.6 is 11.3 Å². The number of benzene rings is 2. The number of carbonyl (C=O) groups is 1. The van der Waals surface area contributed by atoms with E-state index in [1.807, 2.05) is 47.8 Å². The van der Waals surface area contributed by atoms with Gasteiger partial charge in [-0.3, -0.25) is 4.79 Å². The van der Waals surface area contributed by atoms with E-state index in [0.29, 0.717) is 5.56 Å². The third-order valence-corrected chi connectivity index (χ3v) is 4.17. The first-order valence-corrected chi connectivity index (χ1v) is 8.01. The van der Waals surface area contributed by atoms with Crippen molar-refractivity contribution < 1.29 is 9.53 Å². The minimum absolute atomic E-state index is 0.0479. The lowest BCUT2D eigenvalue weighted by Gasteiger charge is -2.04. The van der Waals surface area contributed by atoms with E-state index in [-0.39, 0.29) is 5.78 Å². The van der Waals surface area contributed by atoms with Gasteiger partial charge in [-0.15, -0.1) is 11.3 Å². The highest BCUT2D eigenvalue weighted by Crippen LogP contribution is 2.28. The fourth-order valence-corrected chi connectivity index (χ4v) is 2.90. The van der Waals surface area contributed by atoms with Crippen molar-refractivity contribution in [1.29, 1.82) is 0 Å². The van der Waals surface area contributed by atoms with Gasteiger partial charge in [0.2, 0.25) is 0 Å². The van der Waals surface area contributed by atoms with Gasteiger partial charge in [-0.05, 0) is 43.3 Å². The number of anilines is 2. The Bertz CT molecular complexity index is 825. The summed E-state index contributed by atoms with van der Waals surface area (Å²) in [5, 5.41) is 6.03. The molecule has 1 N–H and O–H groups in total. The van der Waals surface area contributed by atoms with Crippen LogP contribution in [0.25, 0.3) is 11.3 Å². The summed E-state index contributed by atoms with van der Waals surface area (Å²) in [5.41, 5.74) is 3.48. The molecule has 0 aliphatic rings. The summed E-state index contributed by atoms with van der Waals surface area (Å²) >= 11 is 1.53. The molecule has 0 amide bonds. The summed E-state index contributed by atoms with van der Waals surface area (Å²) < 4.78 is 5.16. The number of carbonyl (C=O) groups excluding carboxylic acids is 1. The number of aromatic nitrogens is 1. The second-order valence-corrected chi connectivity index (χ2v) is 5.89. The summed E-state index contributed by atoms with van der Waals surface area (Å²) in [6.07, 6.45) is 0. The molecule has 0 saturated heterocycles. The molecule has 23 heavy (non-hydrogen) atoms. The van der Waals surface area contributed by atoms with Crippen molar-refractivity contribution in [3.8, 4) is 17.0 Å². The number of ether oxygens (including phenoxy) is 1. The van der Waals surface area contributed by atoms with Crippen LogP contribution in [0.4, 0.5) is 10.8 Å². The molecule has 0 atom stereocenters. The standard InChI is InChI=1S/C18H16N2O2S/c1-12(21)14-4-3-5-15(10-14)19-18-20-17(11-23-18)13-6-8-16(22-2)9-7-13/h3-11H,1-2H3,(H,19,20). The first-order chi connectivity index (χ1) is 11.2. The van der Waals surface area contributed by atoms with Crippen LogP contribution in [0.1, 0.15) is 17.3 Å². The molecular formula is C18H16N2O2S. The van der Waals surface area contributed by atoms with Gasteiger partial charge in [0.1, 0.15) is 5.75 Å². The number of hydrogen-bond donors (Lipinski definition) is 1. The van der Waals surface area contributed by atoms with Crippen LogP contribution in [0.15, 0.2) is 53.9 Å². The van der Waals surface area contributed by atoms with Crippen molar-refractivity contribution in [1.82, 2.24) is 4.98 Å². The molecule has 5 heteroatoms. The maximum atomic E-state index is 11.4. The number of hydrogen-bond acceptors (Lipinski definition) is 5. The van der Waals surface area contributed by atoms with Crippen LogP contribution in [0.3, 0.4) is 0 Å². The lowest BCUT2D eigenvalue weighted by Crippen LogP contribution is -1.95. The number of Topliss-reactive ketones (excluding diaryl/α,β-unsaturated/α-hetero) is 1. The first kappa shape index (κ1) is 15.2. The van der Waals surface area contributed by atoms with E-state index in [1.165, 1.54) is 11.3 Å². The molecule has 0 saturated carbocycles.